The van der Waals surface area contributed by atoms with E-state index in [0.29, 0.717) is 23.0 Å². The number of nitrogens with zero attached hydrogens (tertiary/aromatic N) is 4. The molecule has 0 radical (unpaired) electrons. The Morgan fingerprint density at radius 3 is 2.59 bits per heavy atom. The maximum Gasteiger partial charge on any atom is 0.227 e. The molecule has 2 heterocycles. The van der Waals surface area contributed by atoms with Crippen LogP contribution in [0.25, 0.3) is 11.4 Å². The maximum absolute atomic E-state index is 5.70. The Bertz CT molecular complexity index is 532. The number of aromatic nitrogens is 4. The van der Waals surface area contributed by atoms with Crippen molar-refractivity contribution in [1.82, 2.24) is 19.9 Å². The summed E-state index contributed by atoms with van der Waals surface area (Å²) in [6.07, 6.45) is 4.44. The molecule has 7 heteroatoms. The highest BCUT2D eigenvalue weighted by Crippen LogP contribution is 2.26. The molecule has 0 atom stereocenters. The summed E-state index contributed by atoms with van der Waals surface area (Å²) in [5.41, 5.74) is 6.28. The summed E-state index contributed by atoms with van der Waals surface area (Å²) in [6.45, 7) is 0. The van der Waals surface area contributed by atoms with Crippen molar-refractivity contribution in [1.29, 1.82) is 0 Å². The minimum Gasteiger partial charge on any atom is -0.491 e. The minimum absolute atomic E-state index is 0.253. The van der Waals surface area contributed by atoms with E-state index in [2.05, 4.69) is 19.9 Å². The first kappa shape index (κ1) is 11.1. The third-order valence-corrected chi connectivity index (χ3v) is 2.11. The molecule has 0 unspecified atom stereocenters. The molecule has 0 bridgehead atoms. The van der Waals surface area contributed by atoms with E-state index >= 15 is 0 Å². The van der Waals surface area contributed by atoms with Gasteiger partial charge in [-0.15, -0.1) is 0 Å². The van der Waals surface area contributed by atoms with Gasteiger partial charge in [0.05, 0.1) is 26.0 Å². The highest BCUT2D eigenvalue weighted by atomic mass is 16.5. The summed E-state index contributed by atoms with van der Waals surface area (Å²) < 4.78 is 10.1. The molecule has 7 nitrogen and oxygen atoms in total. The maximum atomic E-state index is 5.70. The molecule has 0 aromatic carbocycles. The van der Waals surface area contributed by atoms with E-state index in [-0.39, 0.29) is 5.82 Å². The Morgan fingerprint density at radius 2 is 1.94 bits per heavy atom. The lowest BCUT2D eigenvalue weighted by atomic mass is 10.3. The zero-order chi connectivity index (χ0) is 12.3. The monoisotopic (exact) mass is 233 g/mol. The van der Waals surface area contributed by atoms with Crippen LogP contribution < -0.4 is 15.2 Å². The number of hydrogen-bond acceptors (Lipinski definition) is 7. The van der Waals surface area contributed by atoms with Crippen molar-refractivity contribution in [2.45, 2.75) is 0 Å². The lowest BCUT2D eigenvalue weighted by molar-refractivity contribution is 0.398. The fraction of sp³-hybridized carbons (Fsp3) is 0.200. The van der Waals surface area contributed by atoms with E-state index in [1.165, 1.54) is 26.7 Å². The van der Waals surface area contributed by atoms with Crippen molar-refractivity contribution in [2.75, 3.05) is 20.0 Å². The van der Waals surface area contributed by atoms with Gasteiger partial charge in [0, 0.05) is 6.20 Å². The van der Waals surface area contributed by atoms with E-state index in [1.807, 2.05) is 0 Å². The first-order valence-electron chi connectivity index (χ1n) is 4.77. The first-order chi connectivity index (χ1) is 8.26. The van der Waals surface area contributed by atoms with Crippen molar-refractivity contribution >= 4 is 5.82 Å². The van der Waals surface area contributed by atoms with Gasteiger partial charge in [0.15, 0.2) is 17.4 Å². The Kier molecular flexibility index (Phi) is 2.99. The van der Waals surface area contributed by atoms with Crippen LogP contribution in [0.1, 0.15) is 0 Å². The lowest BCUT2D eigenvalue weighted by Gasteiger charge is -2.07. The molecule has 0 aliphatic rings. The van der Waals surface area contributed by atoms with Crippen molar-refractivity contribution < 1.29 is 9.47 Å². The van der Waals surface area contributed by atoms with Crippen LogP contribution in [0.3, 0.4) is 0 Å². The second-order valence-corrected chi connectivity index (χ2v) is 3.09. The van der Waals surface area contributed by atoms with Gasteiger partial charge in [0.25, 0.3) is 0 Å². The van der Waals surface area contributed by atoms with Crippen molar-refractivity contribution in [2.24, 2.45) is 0 Å². The third-order valence-electron chi connectivity index (χ3n) is 2.11. The average molecular weight is 233 g/mol. The summed E-state index contributed by atoms with van der Waals surface area (Å²) in [4.78, 5) is 16.1. The first-order valence-corrected chi connectivity index (χ1v) is 4.77. The molecule has 2 aromatic rings. The highest BCUT2D eigenvalue weighted by Gasteiger charge is 2.12. The fourth-order valence-electron chi connectivity index (χ4n) is 1.31. The van der Waals surface area contributed by atoms with Crippen LogP contribution in [-0.4, -0.2) is 34.2 Å². The number of rotatable bonds is 3. The molecule has 17 heavy (non-hydrogen) atoms. The largest absolute Gasteiger partial charge is 0.491 e. The number of nitrogens with two attached hydrogens (primary N) is 1. The van der Waals surface area contributed by atoms with E-state index < -0.39 is 0 Å². The van der Waals surface area contributed by atoms with Gasteiger partial charge < -0.3 is 15.2 Å². The Labute approximate surface area is 97.7 Å². The minimum atomic E-state index is 0.253. The summed E-state index contributed by atoms with van der Waals surface area (Å²) in [5, 5.41) is 0. The Balaban J connectivity index is 2.49. The van der Waals surface area contributed by atoms with Crippen LogP contribution in [0, 0.1) is 0 Å². The molecule has 88 valence electrons. The van der Waals surface area contributed by atoms with Gasteiger partial charge in [-0.25, -0.2) is 19.9 Å². The van der Waals surface area contributed by atoms with Crippen LogP contribution in [0.15, 0.2) is 18.7 Å². The zero-order valence-electron chi connectivity index (χ0n) is 9.41. The second kappa shape index (κ2) is 4.60. The van der Waals surface area contributed by atoms with Crippen LogP contribution in [0.2, 0.25) is 0 Å². The van der Waals surface area contributed by atoms with Crippen LogP contribution in [0.5, 0.6) is 11.6 Å². The predicted molar refractivity (Wildman–Crippen MR) is 60.6 cm³/mol. The van der Waals surface area contributed by atoms with Gasteiger partial charge in [-0.1, -0.05) is 0 Å². The van der Waals surface area contributed by atoms with E-state index in [0.717, 1.165) is 0 Å². The number of nitrogen functional groups attached to an aromatic ring is 1. The number of ether oxygens (including phenoxy) is 2. The zero-order valence-corrected chi connectivity index (χ0v) is 9.41. The van der Waals surface area contributed by atoms with Crippen molar-refractivity contribution in [3.63, 3.8) is 0 Å². The van der Waals surface area contributed by atoms with Crippen molar-refractivity contribution in [3.05, 3.63) is 18.7 Å². The number of anilines is 1. The van der Waals surface area contributed by atoms with Crippen LogP contribution in [-0.2, 0) is 0 Å². The summed E-state index contributed by atoms with van der Waals surface area (Å²) >= 11 is 0. The Morgan fingerprint density at radius 1 is 1.12 bits per heavy atom. The quantitative estimate of drug-likeness (QED) is 0.826. The number of hydrogen-bond donors (Lipinski definition) is 1. The van der Waals surface area contributed by atoms with Crippen LogP contribution >= 0.6 is 0 Å². The van der Waals surface area contributed by atoms with Gasteiger partial charge in [-0.3, -0.25) is 0 Å². The van der Waals surface area contributed by atoms with Gasteiger partial charge in [-0.05, 0) is 0 Å². The average Bonchev–Trinajstić information content (AvgIpc) is 2.38. The molecule has 2 rings (SSSR count). The molecule has 0 saturated heterocycles. The molecule has 0 amide bonds. The summed E-state index contributed by atoms with van der Waals surface area (Å²) in [5.74, 6) is 1.46. The van der Waals surface area contributed by atoms with E-state index in [4.69, 9.17) is 15.2 Å². The Hall–Kier alpha value is -2.44. The van der Waals surface area contributed by atoms with E-state index in [9.17, 15) is 0 Å². The topological polar surface area (TPSA) is 96.0 Å². The molecule has 0 spiro atoms. The summed E-state index contributed by atoms with van der Waals surface area (Å²) in [7, 11) is 3.01. The summed E-state index contributed by atoms with van der Waals surface area (Å²) in [6, 6.07) is 0. The smallest absolute Gasteiger partial charge is 0.227 e. The molecule has 0 aliphatic carbocycles. The third kappa shape index (κ3) is 2.07. The van der Waals surface area contributed by atoms with E-state index in [1.54, 1.807) is 6.20 Å². The molecule has 2 N–H and O–H groups in total. The molecule has 0 aliphatic heterocycles. The number of methoxy groups -OCH3 is 2. The van der Waals surface area contributed by atoms with Gasteiger partial charge >= 0.3 is 0 Å². The lowest BCUT2D eigenvalue weighted by Crippen LogP contribution is -2.01. The highest BCUT2D eigenvalue weighted by molar-refractivity contribution is 5.62. The van der Waals surface area contributed by atoms with Crippen LogP contribution in [0.4, 0.5) is 5.82 Å². The van der Waals surface area contributed by atoms with Gasteiger partial charge in [0.2, 0.25) is 5.88 Å². The molecule has 0 saturated carbocycles. The molecule has 0 fully saturated rings. The van der Waals surface area contributed by atoms with Gasteiger partial charge in [-0.2, -0.15) is 0 Å². The second-order valence-electron chi connectivity index (χ2n) is 3.09. The normalized spacial score (nSPS) is 10.0. The standard InChI is InChI=1S/C10H11N5O2/c1-16-7-4-13-9(15-8(7)11)6-3-12-5-14-10(6)17-2/h3-5H,1-2H3,(H2,11,13,15). The van der Waals surface area contributed by atoms with Gasteiger partial charge in [0.1, 0.15) is 6.33 Å². The molecular weight excluding hydrogens is 222 g/mol. The SMILES string of the molecule is COc1cnc(-c2cncnc2OC)nc1N. The van der Waals surface area contributed by atoms with Crippen molar-refractivity contribution in [3.8, 4) is 23.0 Å². The molecular formula is C10H11N5O2. The predicted octanol–water partition coefficient (Wildman–Crippen LogP) is 0.533. The fourth-order valence-corrected chi connectivity index (χ4v) is 1.31. The molecule has 2 aromatic heterocycles.